The maximum absolute atomic E-state index is 11.3. The van der Waals surface area contributed by atoms with Gasteiger partial charge in [-0.05, 0) is 49.8 Å². The van der Waals surface area contributed by atoms with Gasteiger partial charge in [0.1, 0.15) is 17.1 Å². The number of rotatable bonds is 14. The number of para-hydroxylation sites is 1. The number of phenols is 1. The Morgan fingerprint density at radius 1 is 1.00 bits per heavy atom. The van der Waals surface area contributed by atoms with Crippen molar-refractivity contribution in [1.82, 2.24) is 0 Å². The van der Waals surface area contributed by atoms with E-state index in [4.69, 9.17) is 14.2 Å². The number of carboxylic acids is 1. The lowest BCUT2D eigenvalue weighted by Gasteiger charge is -2.20. The number of carboxylic acid groups (broad SMARTS) is 1. The van der Waals surface area contributed by atoms with Crippen molar-refractivity contribution in [3.8, 4) is 23.0 Å². The fourth-order valence-electron chi connectivity index (χ4n) is 4.08. The molecule has 2 aromatic rings. The molecule has 0 heterocycles. The van der Waals surface area contributed by atoms with Gasteiger partial charge in [0.05, 0.1) is 20.8 Å². The highest BCUT2D eigenvalue weighted by Gasteiger charge is 2.19. The summed E-state index contributed by atoms with van der Waals surface area (Å²) in [6.07, 6.45) is 6.41. The van der Waals surface area contributed by atoms with Crippen LogP contribution >= 0.6 is 0 Å². The molecule has 0 aliphatic carbocycles. The zero-order valence-corrected chi connectivity index (χ0v) is 19.6. The van der Waals surface area contributed by atoms with Gasteiger partial charge in [-0.1, -0.05) is 45.2 Å². The topological polar surface area (TPSA) is 85.2 Å². The molecular weight excluding hydrogens is 408 g/mol. The molecule has 0 aromatic heterocycles. The van der Waals surface area contributed by atoms with Crippen LogP contribution in [0.4, 0.5) is 0 Å². The van der Waals surface area contributed by atoms with E-state index in [9.17, 15) is 15.0 Å². The number of hydrogen-bond acceptors (Lipinski definition) is 5. The lowest BCUT2D eigenvalue weighted by Crippen LogP contribution is -2.05. The summed E-state index contributed by atoms with van der Waals surface area (Å²) in [5.74, 6) is 1.23. The van der Waals surface area contributed by atoms with E-state index in [1.807, 2.05) is 19.1 Å². The van der Waals surface area contributed by atoms with E-state index in [1.165, 1.54) is 11.6 Å². The monoisotopic (exact) mass is 444 g/mol. The van der Waals surface area contributed by atoms with Crippen molar-refractivity contribution < 1.29 is 29.2 Å². The second-order valence-electron chi connectivity index (χ2n) is 7.88. The summed E-state index contributed by atoms with van der Waals surface area (Å²) in [4.78, 5) is 11.3. The summed E-state index contributed by atoms with van der Waals surface area (Å²) in [6.45, 7) is 4.70. The van der Waals surface area contributed by atoms with E-state index in [-0.39, 0.29) is 11.3 Å². The molecule has 32 heavy (non-hydrogen) atoms. The van der Waals surface area contributed by atoms with Crippen LogP contribution in [0.5, 0.6) is 23.0 Å². The number of hydrogen-bond donors (Lipinski definition) is 2. The Morgan fingerprint density at radius 2 is 1.78 bits per heavy atom. The highest BCUT2D eigenvalue weighted by Crippen LogP contribution is 2.39. The highest BCUT2D eigenvalue weighted by atomic mass is 16.5. The van der Waals surface area contributed by atoms with Gasteiger partial charge in [0.25, 0.3) is 0 Å². The minimum atomic E-state index is -1.13. The molecule has 2 N–H and O–H groups in total. The third-order valence-electron chi connectivity index (χ3n) is 5.79. The predicted molar refractivity (Wildman–Crippen MR) is 126 cm³/mol. The molecule has 2 aromatic carbocycles. The molecule has 0 spiro atoms. The summed E-state index contributed by atoms with van der Waals surface area (Å²) in [7, 11) is 3.34. The maximum Gasteiger partial charge on any atom is 0.339 e. The van der Waals surface area contributed by atoms with Gasteiger partial charge in [0.2, 0.25) is 0 Å². The molecule has 0 fully saturated rings. The van der Waals surface area contributed by atoms with E-state index in [0.29, 0.717) is 30.3 Å². The zero-order valence-electron chi connectivity index (χ0n) is 19.6. The molecular formula is C26H36O6. The number of benzene rings is 2. The number of aromatic carboxylic acids is 1. The molecule has 0 saturated carbocycles. The van der Waals surface area contributed by atoms with E-state index < -0.39 is 5.97 Å². The molecule has 6 heteroatoms. The van der Waals surface area contributed by atoms with Gasteiger partial charge in [-0.3, -0.25) is 0 Å². The second kappa shape index (κ2) is 12.8. The minimum absolute atomic E-state index is 0.0839. The predicted octanol–water partition coefficient (Wildman–Crippen LogP) is 6.19. The smallest absolute Gasteiger partial charge is 0.339 e. The molecule has 2 rings (SSSR count). The first-order chi connectivity index (χ1) is 15.5. The molecule has 0 aliphatic rings. The lowest BCUT2D eigenvalue weighted by atomic mass is 9.90. The summed E-state index contributed by atoms with van der Waals surface area (Å²) >= 11 is 0. The first-order valence-corrected chi connectivity index (χ1v) is 11.4. The summed E-state index contributed by atoms with van der Waals surface area (Å²) in [5.41, 5.74) is 1.67. The molecule has 176 valence electrons. The van der Waals surface area contributed by atoms with Crippen molar-refractivity contribution in [3.05, 3.63) is 47.0 Å². The maximum atomic E-state index is 11.3. The van der Waals surface area contributed by atoms with E-state index in [2.05, 4.69) is 13.0 Å². The van der Waals surface area contributed by atoms with E-state index in [0.717, 1.165) is 50.0 Å². The van der Waals surface area contributed by atoms with Crippen LogP contribution in [-0.4, -0.2) is 37.0 Å². The Balaban J connectivity index is 1.89. The second-order valence-corrected chi connectivity index (χ2v) is 7.88. The largest absolute Gasteiger partial charge is 0.507 e. The SMILES string of the molecule is CCCc1c(OCCCCCC(CC)c2cccc(OC)c2OC)ccc(C(=O)O)c1O. The number of carbonyl (C=O) groups is 1. The number of methoxy groups -OCH3 is 2. The van der Waals surface area contributed by atoms with E-state index in [1.54, 1.807) is 20.3 Å². The van der Waals surface area contributed by atoms with Crippen LogP contribution < -0.4 is 14.2 Å². The van der Waals surface area contributed by atoms with Crippen LogP contribution in [0.2, 0.25) is 0 Å². The van der Waals surface area contributed by atoms with E-state index >= 15 is 0 Å². The standard InChI is InChI=1S/C26H36O6/c1-5-11-20-22(16-15-21(24(20)27)26(28)29)32-17-9-7-8-12-18(6-2)19-13-10-14-23(30-3)25(19)31-4/h10,13-16,18,27H,5-9,11-12,17H2,1-4H3,(H,28,29). The molecule has 1 unspecified atom stereocenters. The summed E-state index contributed by atoms with van der Waals surface area (Å²) < 4.78 is 16.9. The van der Waals surface area contributed by atoms with Crippen LogP contribution in [0.15, 0.2) is 30.3 Å². The normalized spacial score (nSPS) is 11.8. The average Bonchev–Trinajstić information content (AvgIpc) is 2.79. The minimum Gasteiger partial charge on any atom is -0.507 e. The lowest BCUT2D eigenvalue weighted by molar-refractivity contribution is 0.0693. The summed E-state index contributed by atoms with van der Waals surface area (Å²) in [6, 6.07) is 9.09. The molecule has 0 bridgehead atoms. The van der Waals surface area contributed by atoms with Crippen LogP contribution in [0.3, 0.4) is 0 Å². The number of ether oxygens (including phenoxy) is 3. The third-order valence-corrected chi connectivity index (χ3v) is 5.79. The van der Waals surface area contributed by atoms with Crippen molar-refractivity contribution in [2.24, 2.45) is 0 Å². The van der Waals surface area contributed by atoms with Crippen molar-refractivity contribution in [2.45, 2.75) is 64.7 Å². The number of unbranched alkanes of at least 4 members (excludes halogenated alkanes) is 2. The van der Waals surface area contributed by atoms with Crippen molar-refractivity contribution in [2.75, 3.05) is 20.8 Å². The summed E-state index contributed by atoms with van der Waals surface area (Å²) in [5, 5.41) is 19.5. The van der Waals surface area contributed by atoms with Crippen molar-refractivity contribution >= 4 is 5.97 Å². The molecule has 0 aliphatic heterocycles. The van der Waals surface area contributed by atoms with Crippen LogP contribution in [0.25, 0.3) is 0 Å². The Labute approximate surface area is 191 Å². The third kappa shape index (κ3) is 6.31. The average molecular weight is 445 g/mol. The van der Waals surface area contributed by atoms with Crippen LogP contribution in [0, 0.1) is 0 Å². The van der Waals surface area contributed by atoms with Crippen LogP contribution in [0.1, 0.15) is 79.8 Å². The molecule has 0 radical (unpaired) electrons. The van der Waals surface area contributed by atoms with Gasteiger partial charge in [-0.25, -0.2) is 4.79 Å². The fourth-order valence-corrected chi connectivity index (χ4v) is 4.08. The van der Waals surface area contributed by atoms with Gasteiger partial charge >= 0.3 is 5.97 Å². The first kappa shape index (κ1) is 25.4. The fraction of sp³-hybridized carbons (Fsp3) is 0.500. The Bertz CT molecular complexity index is 877. The molecule has 0 saturated heterocycles. The van der Waals surface area contributed by atoms with Gasteiger partial charge in [-0.15, -0.1) is 0 Å². The Hall–Kier alpha value is -2.89. The van der Waals surface area contributed by atoms with Crippen LogP contribution in [-0.2, 0) is 6.42 Å². The highest BCUT2D eigenvalue weighted by molar-refractivity contribution is 5.91. The van der Waals surface area contributed by atoms with Crippen molar-refractivity contribution in [3.63, 3.8) is 0 Å². The quantitative estimate of drug-likeness (QED) is 0.338. The van der Waals surface area contributed by atoms with Crippen molar-refractivity contribution in [1.29, 1.82) is 0 Å². The zero-order chi connectivity index (χ0) is 23.5. The molecule has 0 amide bonds. The molecule has 6 nitrogen and oxygen atoms in total. The first-order valence-electron chi connectivity index (χ1n) is 11.4. The Morgan fingerprint density at radius 3 is 2.41 bits per heavy atom. The van der Waals surface area contributed by atoms with Gasteiger partial charge in [-0.2, -0.15) is 0 Å². The molecule has 1 atom stereocenters. The Kier molecular flexibility index (Phi) is 10.2. The van der Waals surface area contributed by atoms with Gasteiger partial charge < -0.3 is 24.4 Å². The van der Waals surface area contributed by atoms with Gasteiger partial charge in [0, 0.05) is 11.1 Å². The number of aromatic hydroxyl groups is 1. The van der Waals surface area contributed by atoms with Gasteiger partial charge in [0.15, 0.2) is 11.5 Å².